The number of amidine groups is 1. The second kappa shape index (κ2) is 5.70. The van der Waals surface area contributed by atoms with Gasteiger partial charge in [-0.25, -0.2) is 14.9 Å². The molecule has 19 heavy (non-hydrogen) atoms. The van der Waals surface area contributed by atoms with Gasteiger partial charge < -0.3 is 5.73 Å². The first-order valence-electron chi connectivity index (χ1n) is 5.75. The summed E-state index contributed by atoms with van der Waals surface area (Å²) in [5.41, 5.74) is 5.71. The van der Waals surface area contributed by atoms with E-state index in [1.54, 1.807) is 16.7 Å². The highest BCUT2D eigenvalue weighted by Crippen LogP contribution is 2.22. The molecule has 2 rings (SSSR count). The second-order valence-corrected chi connectivity index (χ2v) is 4.85. The van der Waals surface area contributed by atoms with Gasteiger partial charge in [0, 0.05) is 18.3 Å². The van der Waals surface area contributed by atoms with Crippen molar-refractivity contribution in [2.24, 2.45) is 5.73 Å². The van der Waals surface area contributed by atoms with Gasteiger partial charge in [-0.3, -0.25) is 9.98 Å². The molecule has 0 aromatic carbocycles. The number of nitrogens with two attached hydrogens (primary N) is 1. The van der Waals surface area contributed by atoms with Crippen molar-refractivity contribution in [3.63, 3.8) is 0 Å². The molecule has 0 saturated heterocycles. The minimum Gasteiger partial charge on any atom is -0.384 e. The molecule has 0 saturated carbocycles. The average Bonchev–Trinajstić information content (AvgIpc) is 2.73. The van der Waals surface area contributed by atoms with Crippen molar-refractivity contribution in [3.05, 3.63) is 34.4 Å². The van der Waals surface area contributed by atoms with Gasteiger partial charge in [-0.05, 0) is 30.3 Å². The zero-order valence-electron chi connectivity index (χ0n) is 10.4. The summed E-state index contributed by atoms with van der Waals surface area (Å²) in [7, 11) is 0. The summed E-state index contributed by atoms with van der Waals surface area (Å²) in [6.45, 7) is 2.61. The van der Waals surface area contributed by atoms with E-state index in [9.17, 15) is 4.79 Å². The van der Waals surface area contributed by atoms with E-state index in [1.165, 1.54) is 18.0 Å². The van der Waals surface area contributed by atoms with Crippen LogP contribution in [-0.2, 0) is 6.54 Å². The molecular formula is C11H14N6OS. The van der Waals surface area contributed by atoms with E-state index < -0.39 is 0 Å². The van der Waals surface area contributed by atoms with Crippen LogP contribution >= 0.6 is 11.8 Å². The van der Waals surface area contributed by atoms with Gasteiger partial charge in [0.25, 0.3) is 0 Å². The first kappa shape index (κ1) is 13.3. The Hall–Kier alpha value is -2.09. The topological polar surface area (TPSA) is 113 Å². The molecule has 0 aliphatic carbocycles. The van der Waals surface area contributed by atoms with Crippen molar-refractivity contribution in [1.29, 1.82) is 5.41 Å². The van der Waals surface area contributed by atoms with Crippen LogP contribution in [-0.4, -0.2) is 25.6 Å². The monoisotopic (exact) mass is 278 g/mol. The van der Waals surface area contributed by atoms with Crippen molar-refractivity contribution in [1.82, 2.24) is 19.7 Å². The Labute approximate surface area is 113 Å². The minimum absolute atomic E-state index is 0.0216. The van der Waals surface area contributed by atoms with Crippen molar-refractivity contribution >= 4 is 17.6 Å². The van der Waals surface area contributed by atoms with E-state index in [4.69, 9.17) is 11.1 Å². The molecule has 0 aliphatic rings. The van der Waals surface area contributed by atoms with Crippen molar-refractivity contribution in [3.8, 4) is 0 Å². The summed E-state index contributed by atoms with van der Waals surface area (Å²) in [6, 6.07) is 3.46. The summed E-state index contributed by atoms with van der Waals surface area (Å²) >= 11 is 1.29. The number of hydrogen-bond donors (Lipinski definition) is 3. The van der Waals surface area contributed by atoms with Gasteiger partial charge >= 0.3 is 5.69 Å². The maximum absolute atomic E-state index is 11.5. The van der Waals surface area contributed by atoms with E-state index in [0.717, 1.165) is 6.42 Å². The zero-order valence-corrected chi connectivity index (χ0v) is 11.2. The number of pyridine rings is 1. The van der Waals surface area contributed by atoms with E-state index in [1.807, 2.05) is 6.92 Å². The molecule has 0 fully saturated rings. The van der Waals surface area contributed by atoms with E-state index >= 15 is 0 Å². The summed E-state index contributed by atoms with van der Waals surface area (Å²) < 4.78 is 1.57. The van der Waals surface area contributed by atoms with Crippen LogP contribution in [0.5, 0.6) is 0 Å². The van der Waals surface area contributed by atoms with Crippen molar-refractivity contribution < 1.29 is 0 Å². The van der Waals surface area contributed by atoms with Gasteiger partial charge in [0.15, 0.2) is 5.16 Å². The van der Waals surface area contributed by atoms with Crippen LogP contribution in [0.1, 0.15) is 18.9 Å². The van der Waals surface area contributed by atoms with E-state index in [0.29, 0.717) is 22.3 Å². The van der Waals surface area contributed by atoms with Crippen LogP contribution < -0.4 is 11.4 Å². The lowest BCUT2D eigenvalue weighted by molar-refractivity contribution is 0.603. The molecule has 2 aromatic rings. The minimum atomic E-state index is -0.218. The van der Waals surface area contributed by atoms with Crippen molar-refractivity contribution in [2.75, 3.05) is 0 Å². The predicted molar refractivity (Wildman–Crippen MR) is 72.5 cm³/mol. The molecule has 2 heterocycles. The summed E-state index contributed by atoms with van der Waals surface area (Å²) in [5.74, 6) is -0.0216. The van der Waals surface area contributed by atoms with Gasteiger partial charge in [0.1, 0.15) is 10.9 Å². The van der Waals surface area contributed by atoms with Crippen LogP contribution in [0.2, 0.25) is 0 Å². The second-order valence-electron chi connectivity index (χ2n) is 3.86. The third-order valence-corrected chi connectivity index (χ3v) is 3.36. The van der Waals surface area contributed by atoms with Crippen LogP contribution in [0.15, 0.2) is 33.3 Å². The molecule has 7 nitrogen and oxygen atoms in total. The number of rotatable bonds is 5. The number of hydrogen-bond acceptors (Lipinski definition) is 5. The lowest BCUT2D eigenvalue weighted by atomic mass is 10.3. The molecule has 0 radical (unpaired) electrons. The highest BCUT2D eigenvalue weighted by Gasteiger charge is 2.10. The molecule has 0 unspecified atom stereocenters. The highest BCUT2D eigenvalue weighted by atomic mass is 32.2. The van der Waals surface area contributed by atoms with Crippen LogP contribution in [0.3, 0.4) is 0 Å². The van der Waals surface area contributed by atoms with Crippen molar-refractivity contribution in [2.45, 2.75) is 30.1 Å². The fourth-order valence-electron chi connectivity index (χ4n) is 1.50. The third kappa shape index (κ3) is 3.02. The fourth-order valence-corrected chi connectivity index (χ4v) is 2.30. The molecule has 8 heteroatoms. The number of nitrogen functional groups attached to an aromatic ring is 1. The van der Waals surface area contributed by atoms with Gasteiger partial charge in [-0.1, -0.05) is 6.92 Å². The Morgan fingerprint density at radius 2 is 2.37 bits per heavy atom. The first-order chi connectivity index (χ1) is 9.11. The number of nitrogens with one attached hydrogen (secondary N) is 2. The van der Waals surface area contributed by atoms with Crippen LogP contribution in [0, 0.1) is 5.41 Å². The smallest absolute Gasteiger partial charge is 0.343 e. The Balaban J connectivity index is 2.21. The van der Waals surface area contributed by atoms with E-state index in [2.05, 4.69) is 15.2 Å². The lowest BCUT2D eigenvalue weighted by Crippen LogP contribution is -2.17. The quantitative estimate of drug-likeness (QED) is 0.553. The van der Waals surface area contributed by atoms with E-state index in [-0.39, 0.29) is 11.5 Å². The van der Waals surface area contributed by atoms with Gasteiger partial charge in [-0.2, -0.15) is 0 Å². The molecule has 0 spiro atoms. The van der Waals surface area contributed by atoms with Gasteiger partial charge in [0.05, 0.1) is 0 Å². The first-order valence-corrected chi connectivity index (χ1v) is 6.57. The Bertz CT molecular complexity index is 629. The summed E-state index contributed by atoms with van der Waals surface area (Å²) in [4.78, 5) is 15.7. The molecule has 0 aliphatic heterocycles. The van der Waals surface area contributed by atoms with Gasteiger partial charge in [0.2, 0.25) is 0 Å². The van der Waals surface area contributed by atoms with Gasteiger partial charge in [-0.15, -0.1) is 5.10 Å². The Kier molecular flexibility index (Phi) is 4.00. The summed E-state index contributed by atoms with van der Waals surface area (Å²) in [6.07, 6.45) is 2.38. The molecule has 4 N–H and O–H groups in total. The average molecular weight is 278 g/mol. The van der Waals surface area contributed by atoms with Crippen LogP contribution in [0.4, 0.5) is 0 Å². The number of nitrogens with zero attached hydrogens (tertiary/aromatic N) is 3. The normalized spacial score (nSPS) is 10.6. The SMILES string of the molecule is CCCn1c(Sc2ccc(C(=N)N)cn2)n[nH]c1=O. The van der Waals surface area contributed by atoms with Crippen LogP contribution in [0.25, 0.3) is 0 Å². The Morgan fingerprint density at radius 1 is 1.58 bits per heavy atom. The Morgan fingerprint density at radius 3 is 2.95 bits per heavy atom. The number of aromatic amines is 1. The summed E-state index contributed by atoms with van der Waals surface area (Å²) in [5, 5.41) is 15.0. The molecule has 100 valence electrons. The highest BCUT2D eigenvalue weighted by molar-refractivity contribution is 7.99. The standard InChI is InChI=1S/C11H14N6OS/c1-2-5-17-10(18)15-16-11(17)19-8-4-3-7(6-14-8)9(12)13/h3-4,6H,2,5H2,1H3,(H3,12,13)(H,15,18). The number of H-pyrrole nitrogens is 1. The molecule has 0 bridgehead atoms. The lowest BCUT2D eigenvalue weighted by Gasteiger charge is -2.03. The maximum Gasteiger partial charge on any atom is 0.343 e. The number of aromatic nitrogens is 4. The maximum atomic E-state index is 11.5. The molecular weight excluding hydrogens is 264 g/mol. The molecule has 0 atom stereocenters. The predicted octanol–water partition coefficient (Wildman–Crippen LogP) is 0.812. The molecule has 2 aromatic heterocycles. The third-order valence-electron chi connectivity index (χ3n) is 2.41. The zero-order chi connectivity index (χ0) is 13.8. The fraction of sp³-hybridized carbons (Fsp3) is 0.273. The molecule has 0 amide bonds. The largest absolute Gasteiger partial charge is 0.384 e.